The molecule has 0 aliphatic rings. The summed E-state index contributed by atoms with van der Waals surface area (Å²) in [7, 11) is 3.72. The summed E-state index contributed by atoms with van der Waals surface area (Å²) in [5, 5.41) is 12.7. The van der Waals surface area contributed by atoms with Crippen LogP contribution < -0.4 is 0 Å². The van der Waals surface area contributed by atoms with Gasteiger partial charge in [-0.1, -0.05) is 27.2 Å². The molecule has 0 spiro atoms. The number of rotatable bonds is 8. The lowest BCUT2D eigenvalue weighted by atomic mass is 10.2. The average molecular weight is 605 g/mol. The van der Waals surface area contributed by atoms with Crippen LogP contribution in [0.15, 0.2) is 63.8 Å². The quantitative estimate of drug-likeness (QED) is 0.293. The number of amides is 1. The first-order valence-corrected chi connectivity index (χ1v) is 12.4. The summed E-state index contributed by atoms with van der Waals surface area (Å²) < 4.78 is 18.8. The van der Waals surface area contributed by atoms with E-state index in [1.54, 1.807) is 47.2 Å². The van der Waals surface area contributed by atoms with Gasteiger partial charge in [-0.3, -0.25) is 9.69 Å². The zero-order valence-electron chi connectivity index (χ0n) is 19.5. The normalized spacial score (nSPS) is 11.3. The molecule has 4 aromatic rings. The summed E-state index contributed by atoms with van der Waals surface area (Å²) in [5.41, 5.74) is 3.15. The van der Waals surface area contributed by atoms with E-state index >= 15 is 0 Å². The molecule has 0 aliphatic carbocycles. The third-order valence-electron chi connectivity index (χ3n) is 5.54. The predicted molar refractivity (Wildman–Crippen MR) is 138 cm³/mol. The fourth-order valence-corrected chi connectivity index (χ4v) is 4.16. The second-order valence-corrected chi connectivity index (χ2v) is 10.0. The Morgan fingerprint density at radius 2 is 1.77 bits per heavy atom. The minimum absolute atomic E-state index is 0.0877. The topological polar surface area (TPSA) is 72.1 Å². The molecule has 0 N–H and O–H groups in total. The van der Waals surface area contributed by atoms with Crippen LogP contribution in [0.5, 0.6) is 0 Å². The number of halogens is 3. The van der Waals surface area contributed by atoms with Crippen molar-refractivity contribution in [1.29, 1.82) is 0 Å². The Hall–Kier alpha value is -2.89. The van der Waals surface area contributed by atoms with E-state index < -0.39 is 5.82 Å². The second kappa shape index (κ2) is 10.8. The molecule has 11 heteroatoms. The van der Waals surface area contributed by atoms with Crippen molar-refractivity contribution in [2.24, 2.45) is 0 Å². The van der Waals surface area contributed by atoms with Crippen molar-refractivity contribution >= 4 is 37.8 Å². The monoisotopic (exact) mass is 603 g/mol. The second-order valence-electron chi connectivity index (χ2n) is 8.24. The minimum atomic E-state index is -0.392. The van der Waals surface area contributed by atoms with Crippen molar-refractivity contribution in [2.75, 3.05) is 27.2 Å². The van der Waals surface area contributed by atoms with Crippen LogP contribution in [0.2, 0.25) is 0 Å². The van der Waals surface area contributed by atoms with Gasteiger partial charge < -0.3 is 4.90 Å². The molecule has 2 aromatic carbocycles. The van der Waals surface area contributed by atoms with Gasteiger partial charge in [0.1, 0.15) is 5.69 Å². The van der Waals surface area contributed by atoms with E-state index in [0.29, 0.717) is 46.7 Å². The van der Waals surface area contributed by atoms with Crippen LogP contribution in [-0.2, 0) is 6.54 Å². The van der Waals surface area contributed by atoms with Crippen molar-refractivity contribution in [2.45, 2.75) is 13.5 Å². The number of likely N-dealkylation sites (N-methyl/N-ethyl adjacent to an activating group) is 2. The van der Waals surface area contributed by atoms with E-state index in [9.17, 15) is 9.18 Å². The van der Waals surface area contributed by atoms with Gasteiger partial charge in [0.05, 0.1) is 33.3 Å². The molecule has 0 saturated heterocycles. The maximum atomic E-state index is 14.3. The molecule has 0 saturated carbocycles. The SMILES string of the molecule is Cc1nn(-c2ccc(Br)cc2)cc1C(=O)N(C)CCN(C)Cc1cn(-c2cccc(Br)c2F)nn1. The largest absolute Gasteiger partial charge is 0.340 e. The van der Waals surface area contributed by atoms with Crippen molar-refractivity contribution < 1.29 is 9.18 Å². The summed E-state index contributed by atoms with van der Waals surface area (Å²) in [6.45, 7) is 3.49. The van der Waals surface area contributed by atoms with Gasteiger partial charge in [0, 0.05) is 37.4 Å². The molecule has 0 atom stereocenters. The Morgan fingerprint density at radius 1 is 1.03 bits per heavy atom. The number of carbonyl (C=O) groups is 1. The maximum absolute atomic E-state index is 14.3. The van der Waals surface area contributed by atoms with Crippen molar-refractivity contribution in [3.05, 3.63) is 86.6 Å². The highest BCUT2D eigenvalue weighted by Gasteiger charge is 2.19. The Labute approximate surface area is 219 Å². The molecular weight excluding hydrogens is 581 g/mol. The lowest BCUT2D eigenvalue weighted by Gasteiger charge is -2.21. The molecule has 0 bridgehead atoms. The standard InChI is InChI=1S/C24H24Br2FN7O/c1-16-20(15-33(29-16)19-9-7-17(25)8-10-19)24(35)32(3)12-11-31(2)13-18-14-34(30-28-18)22-6-4-5-21(26)23(22)27/h4-10,14-15H,11-13H2,1-3H3. The number of aromatic nitrogens is 5. The molecule has 2 heterocycles. The molecule has 35 heavy (non-hydrogen) atoms. The number of carbonyl (C=O) groups excluding carboxylic acids is 1. The highest BCUT2D eigenvalue weighted by molar-refractivity contribution is 9.10. The van der Waals surface area contributed by atoms with Gasteiger partial charge in [0.15, 0.2) is 5.82 Å². The highest BCUT2D eigenvalue weighted by Crippen LogP contribution is 2.21. The molecule has 0 unspecified atom stereocenters. The van der Waals surface area contributed by atoms with Gasteiger partial charge in [-0.05, 0) is 66.3 Å². The molecule has 0 aliphatic heterocycles. The molecule has 8 nitrogen and oxygen atoms in total. The Bertz CT molecular complexity index is 1340. The van der Waals surface area contributed by atoms with Gasteiger partial charge in [-0.15, -0.1) is 5.10 Å². The smallest absolute Gasteiger partial charge is 0.257 e. The Kier molecular flexibility index (Phi) is 7.78. The maximum Gasteiger partial charge on any atom is 0.257 e. The molecule has 1 amide bonds. The van der Waals surface area contributed by atoms with E-state index in [0.717, 1.165) is 10.2 Å². The lowest BCUT2D eigenvalue weighted by molar-refractivity contribution is 0.0781. The first-order valence-electron chi connectivity index (χ1n) is 10.8. The molecule has 4 rings (SSSR count). The van der Waals surface area contributed by atoms with Crippen LogP contribution in [0.25, 0.3) is 11.4 Å². The lowest BCUT2D eigenvalue weighted by Crippen LogP contribution is -2.34. The average Bonchev–Trinajstić information content (AvgIpc) is 3.46. The van der Waals surface area contributed by atoms with Crippen molar-refractivity contribution in [1.82, 2.24) is 34.6 Å². The summed E-state index contributed by atoms with van der Waals surface area (Å²) in [5.74, 6) is -0.480. The van der Waals surface area contributed by atoms with Crippen molar-refractivity contribution in [3.63, 3.8) is 0 Å². The number of nitrogens with zero attached hydrogens (tertiary/aromatic N) is 7. The third-order valence-corrected chi connectivity index (χ3v) is 6.68. The van der Waals surface area contributed by atoms with E-state index in [1.165, 1.54) is 4.68 Å². The molecule has 182 valence electrons. The zero-order valence-corrected chi connectivity index (χ0v) is 22.7. The Balaban J connectivity index is 1.34. The highest BCUT2D eigenvalue weighted by atomic mass is 79.9. The summed E-state index contributed by atoms with van der Waals surface area (Å²) >= 11 is 6.62. The minimum Gasteiger partial charge on any atom is -0.340 e. The van der Waals surface area contributed by atoms with Gasteiger partial charge in [0.25, 0.3) is 5.91 Å². The molecule has 0 fully saturated rings. The number of aryl methyl sites for hydroxylation is 1. The van der Waals surface area contributed by atoms with Gasteiger partial charge in [-0.25, -0.2) is 13.8 Å². The van der Waals surface area contributed by atoms with E-state index in [-0.39, 0.29) is 5.91 Å². The van der Waals surface area contributed by atoms with Gasteiger partial charge >= 0.3 is 0 Å². The van der Waals surface area contributed by atoms with Gasteiger partial charge in [-0.2, -0.15) is 5.10 Å². The molecule has 2 aromatic heterocycles. The number of hydrogen-bond acceptors (Lipinski definition) is 5. The van der Waals surface area contributed by atoms with E-state index in [2.05, 4.69) is 47.3 Å². The fourth-order valence-electron chi connectivity index (χ4n) is 3.54. The predicted octanol–water partition coefficient (Wildman–Crippen LogP) is 4.63. The molecule has 0 radical (unpaired) electrons. The summed E-state index contributed by atoms with van der Waals surface area (Å²) in [6.07, 6.45) is 3.47. The van der Waals surface area contributed by atoms with Crippen LogP contribution >= 0.6 is 31.9 Å². The zero-order chi connectivity index (χ0) is 25.1. The number of benzene rings is 2. The van der Waals surface area contributed by atoms with Crippen LogP contribution in [-0.4, -0.2) is 67.7 Å². The van der Waals surface area contributed by atoms with Crippen LogP contribution in [0.3, 0.4) is 0 Å². The van der Waals surface area contributed by atoms with Crippen LogP contribution in [0.1, 0.15) is 21.7 Å². The van der Waals surface area contributed by atoms with Crippen LogP contribution in [0, 0.1) is 12.7 Å². The number of hydrogen-bond donors (Lipinski definition) is 0. The third kappa shape index (κ3) is 5.85. The van der Waals surface area contributed by atoms with Crippen molar-refractivity contribution in [3.8, 4) is 11.4 Å². The van der Waals surface area contributed by atoms with Crippen LogP contribution in [0.4, 0.5) is 4.39 Å². The summed E-state index contributed by atoms with van der Waals surface area (Å²) in [4.78, 5) is 16.8. The van der Waals surface area contributed by atoms with Gasteiger partial charge in [0.2, 0.25) is 0 Å². The molecular formula is C24H24Br2FN7O. The first-order chi connectivity index (χ1) is 16.7. The summed E-state index contributed by atoms with van der Waals surface area (Å²) in [6, 6.07) is 12.8. The van der Waals surface area contributed by atoms with E-state index in [1.807, 2.05) is 43.1 Å². The fraction of sp³-hybridized carbons (Fsp3) is 0.250. The van der Waals surface area contributed by atoms with E-state index in [4.69, 9.17) is 0 Å². The Morgan fingerprint density at radius 3 is 2.51 bits per heavy atom. The first kappa shape index (κ1) is 25.2.